The second-order valence-corrected chi connectivity index (χ2v) is 6.57. The quantitative estimate of drug-likeness (QED) is 0.923. The van der Waals surface area contributed by atoms with Gasteiger partial charge in [0.15, 0.2) is 11.5 Å². The maximum atomic E-state index is 5.82. The number of hydrogen-bond acceptors (Lipinski definition) is 4. The van der Waals surface area contributed by atoms with Crippen LogP contribution < -0.4 is 14.8 Å². The van der Waals surface area contributed by atoms with Crippen molar-refractivity contribution in [3.05, 3.63) is 23.8 Å². The van der Waals surface area contributed by atoms with Crippen molar-refractivity contribution in [2.75, 3.05) is 31.3 Å². The third-order valence-corrected chi connectivity index (χ3v) is 5.18. The molecule has 20 heavy (non-hydrogen) atoms. The monoisotopic (exact) mass is 293 g/mol. The summed E-state index contributed by atoms with van der Waals surface area (Å²) in [6.07, 6.45) is 2.26. The minimum Gasteiger partial charge on any atom is -0.490 e. The zero-order chi connectivity index (χ0) is 13.8. The number of benzene rings is 1. The summed E-state index contributed by atoms with van der Waals surface area (Å²) in [6, 6.07) is 6.88. The molecule has 0 aliphatic carbocycles. The van der Waals surface area contributed by atoms with Gasteiger partial charge in [-0.3, -0.25) is 0 Å². The lowest BCUT2D eigenvalue weighted by Crippen LogP contribution is -2.28. The van der Waals surface area contributed by atoms with Crippen LogP contribution in [0.25, 0.3) is 0 Å². The molecule has 1 N–H and O–H groups in total. The topological polar surface area (TPSA) is 30.5 Å². The zero-order valence-electron chi connectivity index (χ0n) is 12.1. The normalized spacial score (nSPS) is 23.4. The minimum atomic E-state index is 0.437. The van der Waals surface area contributed by atoms with Crippen molar-refractivity contribution in [3.8, 4) is 11.5 Å². The number of nitrogens with one attached hydrogen (secondary N) is 1. The van der Waals surface area contributed by atoms with E-state index in [9.17, 15) is 0 Å². The Labute approximate surface area is 125 Å². The lowest BCUT2D eigenvalue weighted by molar-refractivity contribution is 0.296. The molecule has 2 aliphatic heterocycles. The van der Waals surface area contributed by atoms with Gasteiger partial charge >= 0.3 is 0 Å². The Balaban J connectivity index is 1.84. The van der Waals surface area contributed by atoms with Gasteiger partial charge in [-0.05, 0) is 48.1 Å². The van der Waals surface area contributed by atoms with Crippen LogP contribution >= 0.6 is 11.8 Å². The van der Waals surface area contributed by atoms with Gasteiger partial charge < -0.3 is 14.8 Å². The predicted octanol–water partition coefficient (Wildman–Crippen LogP) is 3.25. The zero-order valence-corrected chi connectivity index (χ0v) is 12.9. The predicted molar refractivity (Wildman–Crippen MR) is 83.9 cm³/mol. The van der Waals surface area contributed by atoms with Gasteiger partial charge in [0.05, 0.1) is 13.2 Å². The number of ether oxygens (including phenoxy) is 2. The van der Waals surface area contributed by atoms with Crippen molar-refractivity contribution in [3.63, 3.8) is 0 Å². The fourth-order valence-corrected chi connectivity index (χ4v) is 4.26. The summed E-state index contributed by atoms with van der Waals surface area (Å²) < 4.78 is 11.5. The summed E-state index contributed by atoms with van der Waals surface area (Å²) in [6.45, 7) is 4.68. The van der Waals surface area contributed by atoms with Crippen LogP contribution in [0.5, 0.6) is 11.5 Å². The van der Waals surface area contributed by atoms with E-state index in [4.69, 9.17) is 9.47 Å². The molecule has 3 rings (SSSR count). The van der Waals surface area contributed by atoms with Crippen LogP contribution in [0.2, 0.25) is 0 Å². The molecule has 3 nitrogen and oxygen atoms in total. The molecule has 0 bridgehead atoms. The van der Waals surface area contributed by atoms with Crippen LogP contribution in [0.15, 0.2) is 18.2 Å². The first kappa shape index (κ1) is 14.1. The largest absolute Gasteiger partial charge is 0.490 e. The van der Waals surface area contributed by atoms with Crippen LogP contribution in [0.1, 0.15) is 31.4 Å². The van der Waals surface area contributed by atoms with Gasteiger partial charge in [0.2, 0.25) is 0 Å². The van der Waals surface area contributed by atoms with Crippen LogP contribution in [-0.2, 0) is 0 Å². The molecule has 1 aromatic rings. The molecule has 0 saturated carbocycles. The second kappa shape index (κ2) is 6.72. The maximum absolute atomic E-state index is 5.82. The molecular weight excluding hydrogens is 270 g/mol. The summed E-state index contributed by atoms with van der Waals surface area (Å²) in [5.74, 6) is 5.07. The molecular formula is C16H23NO2S. The molecule has 1 saturated heterocycles. The lowest BCUT2D eigenvalue weighted by atomic mass is 9.92. The lowest BCUT2D eigenvalue weighted by Gasteiger charge is -2.25. The van der Waals surface area contributed by atoms with Crippen molar-refractivity contribution < 1.29 is 9.47 Å². The van der Waals surface area contributed by atoms with Crippen molar-refractivity contribution in [1.82, 2.24) is 5.32 Å². The Morgan fingerprint density at radius 3 is 2.90 bits per heavy atom. The van der Waals surface area contributed by atoms with Gasteiger partial charge in [-0.2, -0.15) is 11.8 Å². The highest BCUT2D eigenvalue weighted by molar-refractivity contribution is 7.99. The van der Waals surface area contributed by atoms with E-state index in [1.807, 2.05) is 0 Å². The summed E-state index contributed by atoms with van der Waals surface area (Å²) in [5, 5.41) is 3.65. The Bertz CT molecular complexity index is 446. The van der Waals surface area contributed by atoms with Gasteiger partial charge in [-0.25, -0.2) is 0 Å². The molecule has 2 atom stereocenters. The Morgan fingerprint density at radius 2 is 2.15 bits per heavy atom. The highest BCUT2D eigenvalue weighted by atomic mass is 32.2. The molecule has 0 amide bonds. The smallest absolute Gasteiger partial charge is 0.161 e. The Hall–Kier alpha value is -0.870. The molecule has 2 heterocycles. The SMILES string of the molecule is CCNC(c1ccc2c(c1)OCCCO2)C1CCSC1. The summed E-state index contributed by atoms with van der Waals surface area (Å²) >= 11 is 2.07. The van der Waals surface area contributed by atoms with Gasteiger partial charge in [-0.1, -0.05) is 13.0 Å². The third-order valence-electron chi connectivity index (χ3n) is 3.99. The molecule has 2 unspecified atom stereocenters. The van der Waals surface area contributed by atoms with Crippen LogP contribution in [0.3, 0.4) is 0 Å². The molecule has 1 aromatic carbocycles. The summed E-state index contributed by atoms with van der Waals surface area (Å²) in [5.41, 5.74) is 1.34. The first-order chi connectivity index (χ1) is 9.88. The molecule has 4 heteroatoms. The van der Waals surface area contributed by atoms with Crippen molar-refractivity contribution >= 4 is 11.8 Å². The number of hydrogen-bond donors (Lipinski definition) is 1. The Morgan fingerprint density at radius 1 is 1.30 bits per heavy atom. The fraction of sp³-hybridized carbons (Fsp3) is 0.625. The molecule has 0 aromatic heterocycles. The van der Waals surface area contributed by atoms with E-state index in [0.29, 0.717) is 6.04 Å². The van der Waals surface area contributed by atoms with Crippen molar-refractivity contribution in [2.24, 2.45) is 5.92 Å². The number of rotatable bonds is 4. The van der Waals surface area contributed by atoms with Gasteiger partial charge in [0.1, 0.15) is 0 Å². The average molecular weight is 293 g/mol. The van der Waals surface area contributed by atoms with E-state index in [1.54, 1.807) is 0 Å². The minimum absolute atomic E-state index is 0.437. The number of fused-ring (bicyclic) bond motifs is 1. The van der Waals surface area contributed by atoms with E-state index in [2.05, 4.69) is 42.2 Å². The standard InChI is InChI=1S/C16H23NO2S/c1-2-17-16(13-6-9-20-11-13)12-4-5-14-15(10-12)19-8-3-7-18-14/h4-5,10,13,16-17H,2-3,6-9,11H2,1H3. The maximum Gasteiger partial charge on any atom is 0.161 e. The van der Waals surface area contributed by atoms with E-state index >= 15 is 0 Å². The van der Waals surface area contributed by atoms with Crippen LogP contribution in [-0.4, -0.2) is 31.3 Å². The van der Waals surface area contributed by atoms with E-state index < -0.39 is 0 Å². The van der Waals surface area contributed by atoms with Gasteiger partial charge in [0, 0.05) is 12.5 Å². The van der Waals surface area contributed by atoms with Gasteiger partial charge in [-0.15, -0.1) is 0 Å². The van der Waals surface area contributed by atoms with Crippen molar-refractivity contribution in [1.29, 1.82) is 0 Å². The average Bonchev–Trinajstić information content (AvgIpc) is 2.89. The molecule has 110 valence electrons. The first-order valence-corrected chi connectivity index (χ1v) is 8.74. The molecule has 0 spiro atoms. The molecule has 0 radical (unpaired) electrons. The highest BCUT2D eigenvalue weighted by Crippen LogP contribution is 2.38. The molecule has 2 aliphatic rings. The summed E-state index contributed by atoms with van der Waals surface area (Å²) in [4.78, 5) is 0. The van der Waals surface area contributed by atoms with Crippen molar-refractivity contribution in [2.45, 2.75) is 25.8 Å². The summed E-state index contributed by atoms with van der Waals surface area (Å²) in [7, 11) is 0. The van der Waals surface area contributed by atoms with E-state index in [0.717, 1.165) is 43.6 Å². The van der Waals surface area contributed by atoms with E-state index in [-0.39, 0.29) is 0 Å². The van der Waals surface area contributed by atoms with E-state index in [1.165, 1.54) is 23.5 Å². The second-order valence-electron chi connectivity index (χ2n) is 5.42. The fourth-order valence-electron chi connectivity index (χ4n) is 2.97. The highest BCUT2D eigenvalue weighted by Gasteiger charge is 2.27. The van der Waals surface area contributed by atoms with Gasteiger partial charge in [0.25, 0.3) is 0 Å². The Kier molecular flexibility index (Phi) is 4.73. The molecule has 1 fully saturated rings. The van der Waals surface area contributed by atoms with Crippen LogP contribution in [0, 0.1) is 5.92 Å². The third kappa shape index (κ3) is 3.07. The first-order valence-electron chi connectivity index (χ1n) is 7.59. The number of thioether (sulfide) groups is 1. The van der Waals surface area contributed by atoms with Crippen LogP contribution in [0.4, 0.5) is 0 Å².